The summed E-state index contributed by atoms with van der Waals surface area (Å²) in [6.45, 7) is 0.00177. The maximum absolute atomic E-state index is 13.6. The van der Waals surface area contributed by atoms with Crippen LogP contribution < -0.4 is 4.74 Å². The van der Waals surface area contributed by atoms with Crippen molar-refractivity contribution < 1.29 is 14.3 Å². The molecule has 0 spiro atoms. The lowest BCUT2D eigenvalue weighted by atomic mass is 10.2. The molecule has 0 heterocycles. The molecule has 2 aromatic carbocycles. The Balaban J connectivity index is 2.19. The molecule has 0 saturated heterocycles. The third-order valence-electron chi connectivity index (χ3n) is 2.55. The van der Waals surface area contributed by atoms with Crippen molar-refractivity contribution in [3.63, 3.8) is 0 Å². The van der Waals surface area contributed by atoms with Crippen LogP contribution in [0, 0.1) is 5.82 Å². The summed E-state index contributed by atoms with van der Waals surface area (Å²) in [6, 6.07) is 11.4. The van der Waals surface area contributed by atoms with E-state index in [1.807, 2.05) is 0 Å². The van der Waals surface area contributed by atoms with E-state index in [-0.39, 0.29) is 6.61 Å². The third kappa shape index (κ3) is 3.23. The minimum atomic E-state index is -0.416. The molecule has 2 rings (SSSR count). The zero-order valence-corrected chi connectivity index (χ0v) is 10.6. The zero-order valence-electron chi connectivity index (χ0n) is 9.88. The van der Waals surface area contributed by atoms with Gasteiger partial charge in [0.05, 0.1) is 11.2 Å². The molecule has 0 unspecified atom stereocenters. The first-order chi connectivity index (χ1) is 9.22. The van der Waals surface area contributed by atoms with Crippen molar-refractivity contribution >= 4 is 17.8 Å². The highest BCUT2D eigenvalue weighted by molar-refractivity contribution is 6.31. The number of para-hydroxylation sites is 1. The fourth-order valence-electron chi connectivity index (χ4n) is 1.60. The number of ether oxygens (including phenoxy) is 1. The Bertz CT molecular complexity index is 581. The van der Waals surface area contributed by atoms with Crippen molar-refractivity contribution in [1.29, 1.82) is 0 Å². The normalized spacial score (nSPS) is 10.8. The Morgan fingerprint density at radius 2 is 2.00 bits per heavy atom. The van der Waals surface area contributed by atoms with Crippen LogP contribution in [-0.4, -0.2) is 11.4 Å². The summed E-state index contributed by atoms with van der Waals surface area (Å²) >= 11 is 5.91. The number of oxime groups is 1. The van der Waals surface area contributed by atoms with Gasteiger partial charge < -0.3 is 9.94 Å². The number of halogens is 2. The summed E-state index contributed by atoms with van der Waals surface area (Å²) in [5, 5.41) is 11.8. The first-order valence-corrected chi connectivity index (χ1v) is 5.92. The standard InChI is InChI=1S/C14H11ClFNO2/c15-12-5-3-6-13(16)11(12)9-19-14-7-2-1-4-10(14)8-17-18/h1-8,18H,9H2/b17-8+. The van der Waals surface area contributed by atoms with E-state index in [0.717, 1.165) is 0 Å². The highest BCUT2D eigenvalue weighted by Crippen LogP contribution is 2.23. The summed E-state index contributed by atoms with van der Waals surface area (Å²) < 4.78 is 19.1. The van der Waals surface area contributed by atoms with Crippen LogP contribution in [0.4, 0.5) is 4.39 Å². The minimum Gasteiger partial charge on any atom is -0.488 e. The van der Waals surface area contributed by atoms with Crippen molar-refractivity contribution in [3.8, 4) is 5.75 Å². The molecular weight excluding hydrogens is 269 g/mol. The number of benzene rings is 2. The Morgan fingerprint density at radius 1 is 1.21 bits per heavy atom. The van der Waals surface area contributed by atoms with Gasteiger partial charge >= 0.3 is 0 Å². The van der Waals surface area contributed by atoms with Gasteiger partial charge in [0.1, 0.15) is 18.2 Å². The minimum absolute atomic E-state index is 0.00177. The highest BCUT2D eigenvalue weighted by Gasteiger charge is 2.08. The summed E-state index contributed by atoms with van der Waals surface area (Å²) in [6.07, 6.45) is 1.25. The van der Waals surface area contributed by atoms with Crippen LogP contribution in [0.1, 0.15) is 11.1 Å². The molecule has 0 bridgehead atoms. The van der Waals surface area contributed by atoms with E-state index >= 15 is 0 Å². The summed E-state index contributed by atoms with van der Waals surface area (Å²) in [5.74, 6) is 0.0698. The van der Waals surface area contributed by atoms with Crippen LogP contribution in [0.3, 0.4) is 0 Å². The van der Waals surface area contributed by atoms with E-state index in [2.05, 4.69) is 5.16 Å². The topological polar surface area (TPSA) is 41.8 Å². The van der Waals surface area contributed by atoms with Gasteiger partial charge in [-0.2, -0.15) is 0 Å². The van der Waals surface area contributed by atoms with Gasteiger partial charge in [0.2, 0.25) is 0 Å². The molecule has 0 aromatic heterocycles. The number of hydrogen-bond donors (Lipinski definition) is 1. The second kappa shape index (κ2) is 6.20. The van der Waals surface area contributed by atoms with E-state index < -0.39 is 5.82 Å². The molecule has 0 fully saturated rings. The Hall–Kier alpha value is -2.07. The van der Waals surface area contributed by atoms with Crippen molar-refractivity contribution in [2.24, 2.45) is 5.16 Å². The van der Waals surface area contributed by atoms with E-state index in [9.17, 15) is 4.39 Å². The van der Waals surface area contributed by atoms with Crippen LogP contribution in [0.25, 0.3) is 0 Å². The molecule has 0 aliphatic carbocycles. The van der Waals surface area contributed by atoms with Crippen LogP contribution >= 0.6 is 11.6 Å². The molecule has 0 radical (unpaired) electrons. The Morgan fingerprint density at radius 3 is 2.74 bits per heavy atom. The smallest absolute Gasteiger partial charge is 0.131 e. The highest BCUT2D eigenvalue weighted by atomic mass is 35.5. The van der Waals surface area contributed by atoms with Crippen molar-refractivity contribution in [3.05, 3.63) is 64.4 Å². The molecule has 19 heavy (non-hydrogen) atoms. The van der Waals surface area contributed by atoms with Gasteiger partial charge in [-0.1, -0.05) is 35.0 Å². The largest absolute Gasteiger partial charge is 0.488 e. The number of nitrogens with zero attached hydrogens (tertiary/aromatic N) is 1. The monoisotopic (exact) mass is 279 g/mol. The molecule has 0 amide bonds. The van der Waals surface area contributed by atoms with E-state index in [1.54, 1.807) is 30.3 Å². The van der Waals surface area contributed by atoms with Gasteiger partial charge in [-0.15, -0.1) is 0 Å². The molecule has 0 atom stereocenters. The van der Waals surface area contributed by atoms with Gasteiger partial charge in [-0.3, -0.25) is 0 Å². The van der Waals surface area contributed by atoms with E-state index in [4.69, 9.17) is 21.5 Å². The second-order valence-electron chi connectivity index (χ2n) is 3.77. The quantitative estimate of drug-likeness (QED) is 0.524. The third-order valence-corrected chi connectivity index (χ3v) is 2.90. The second-order valence-corrected chi connectivity index (χ2v) is 4.18. The first-order valence-electron chi connectivity index (χ1n) is 5.54. The molecular formula is C14H11ClFNO2. The van der Waals surface area contributed by atoms with Gasteiger partial charge in [-0.05, 0) is 24.3 Å². The van der Waals surface area contributed by atoms with E-state index in [0.29, 0.717) is 21.9 Å². The number of hydrogen-bond acceptors (Lipinski definition) is 3. The lowest BCUT2D eigenvalue weighted by molar-refractivity contribution is 0.298. The van der Waals surface area contributed by atoms with Gasteiger partial charge in [-0.25, -0.2) is 4.39 Å². The molecule has 5 heteroatoms. The fourth-order valence-corrected chi connectivity index (χ4v) is 1.82. The van der Waals surface area contributed by atoms with Gasteiger partial charge in [0, 0.05) is 11.1 Å². The van der Waals surface area contributed by atoms with E-state index in [1.165, 1.54) is 18.3 Å². The molecule has 0 aliphatic rings. The molecule has 0 aliphatic heterocycles. The zero-order chi connectivity index (χ0) is 13.7. The average molecular weight is 280 g/mol. The Labute approximate surface area is 114 Å². The summed E-state index contributed by atoms with van der Waals surface area (Å²) in [5.41, 5.74) is 0.886. The lowest BCUT2D eigenvalue weighted by Crippen LogP contribution is -2.01. The predicted molar refractivity (Wildman–Crippen MR) is 71.6 cm³/mol. The van der Waals surface area contributed by atoms with Crippen LogP contribution in [0.15, 0.2) is 47.6 Å². The van der Waals surface area contributed by atoms with Crippen molar-refractivity contribution in [2.45, 2.75) is 6.61 Å². The SMILES string of the molecule is O/N=C/c1ccccc1OCc1c(F)cccc1Cl. The molecule has 98 valence electrons. The van der Waals surface area contributed by atoms with Crippen LogP contribution in [-0.2, 0) is 6.61 Å². The number of rotatable bonds is 4. The van der Waals surface area contributed by atoms with Crippen molar-refractivity contribution in [2.75, 3.05) is 0 Å². The Kier molecular flexibility index (Phi) is 4.36. The fraction of sp³-hybridized carbons (Fsp3) is 0.0714. The molecule has 3 nitrogen and oxygen atoms in total. The molecule has 1 N–H and O–H groups in total. The van der Waals surface area contributed by atoms with Crippen LogP contribution in [0.5, 0.6) is 5.75 Å². The maximum atomic E-state index is 13.6. The maximum Gasteiger partial charge on any atom is 0.131 e. The lowest BCUT2D eigenvalue weighted by Gasteiger charge is -2.10. The predicted octanol–water partition coefficient (Wildman–Crippen LogP) is 3.87. The summed E-state index contributed by atoms with van der Waals surface area (Å²) in [7, 11) is 0. The van der Waals surface area contributed by atoms with Crippen LogP contribution in [0.2, 0.25) is 5.02 Å². The summed E-state index contributed by atoms with van der Waals surface area (Å²) in [4.78, 5) is 0. The molecule has 2 aromatic rings. The van der Waals surface area contributed by atoms with Gasteiger partial charge in [0.15, 0.2) is 0 Å². The first kappa shape index (κ1) is 13.4. The van der Waals surface area contributed by atoms with Crippen molar-refractivity contribution in [1.82, 2.24) is 0 Å². The van der Waals surface area contributed by atoms with Gasteiger partial charge in [0.25, 0.3) is 0 Å². The molecule has 0 saturated carbocycles. The average Bonchev–Trinajstić information content (AvgIpc) is 2.40.